The van der Waals surface area contributed by atoms with Gasteiger partial charge >= 0.3 is 33.0 Å². The third-order valence-electron chi connectivity index (χ3n) is 0. The minimum Gasteiger partial charge on any atom is -0.358 e. The van der Waals surface area contributed by atoms with Gasteiger partial charge in [-0.15, -0.1) is 0 Å². The molecular formula is C4H12EuF6P-5. The van der Waals surface area contributed by atoms with Gasteiger partial charge in [-0.3, -0.25) is 0 Å². The standard InChI is InChI=1S/4CH3.Eu.F6P/c;;;;;1-7(2,3,4,5)6/h4*1H3;;/q4*-1;;-1. The molecule has 87 valence electrons. The van der Waals surface area contributed by atoms with Crippen LogP contribution in [0.4, 0.5) is 25.2 Å². The van der Waals surface area contributed by atoms with Gasteiger partial charge in [0, 0.05) is 49.4 Å². The van der Waals surface area contributed by atoms with E-state index in [1.54, 1.807) is 0 Å². The molecule has 0 amide bonds. The van der Waals surface area contributed by atoms with Crippen molar-refractivity contribution >= 4 is 7.81 Å². The minimum atomic E-state index is -10.7. The van der Waals surface area contributed by atoms with Gasteiger partial charge in [-0.2, -0.15) is 0 Å². The summed E-state index contributed by atoms with van der Waals surface area (Å²) in [5.41, 5.74) is 0. The van der Waals surface area contributed by atoms with Crippen LogP contribution >= 0.6 is 7.81 Å². The first-order chi connectivity index (χ1) is 2.45. The van der Waals surface area contributed by atoms with E-state index in [1.807, 2.05) is 0 Å². The van der Waals surface area contributed by atoms with Gasteiger partial charge in [0.2, 0.25) is 0 Å². The van der Waals surface area contributed by atoms with Crippen molar-refractivity contribution < 1.29 is 74.6 Å². The Labute approximate surface area is 111 Å². The van der Waals surface area contributed by atoms with Gasteiger partial charge in [-0.25, -0.2) is 0 Å². The molecule has 0 saturated heterocycles. The molecule has 0 aromatic heterocycles. The Balaban J connectivity index is -0.0000000180. The van der Waals surface area contributed by atoms with Gasteiger partial charge in [0.05, 0.1) is 0 Å². The molecule has 0 heterocycles. The van der Waals surface area contributed by atoms with E-state index in [9.17, 15) is 25.2 Å². The Hall–Kier alpha value is 1.59. The van der Waals surface area contributed by atoms with Crippen molar-refractivity contribution in [3.05, 3.63) is 29.7 Å². The number of halogens is 6. The normalized spacial score (nSPS) is 13.5. The third-order valence-corrected chi connectivity index (χ3v) is 0. The first kappa shape index (κ1) is 37.4. The first-order valence-corrected chi connectivity index (χ1v) is 3.04. The van der Waals surface area contributed by atoms with Gasteiger partial charge in [0.1, 0.15) is 0 Å². The van der Waals surface area contributed by atoms with E-state index < -0.39 is 7.81 Å². The quantitative estimate of drug-likeness (QED) is 0.318. The van der Waals surface area contributed by atoms with Crippen LogP contribution in [0.2, 0.25) is 0 Å². The number of rotatable bonds is 0. The van der Waals surface area contributed by atoms with Crippen LogP contribution in [-0.2, 0) is 0 Å². The molecule has 8 heteroatoms. The van der Waals surface area contributed by atoms with Crippen LogP contribution in [0.25, 0.3) is 0 Å². The maximum Gasteiger partial charge on any atom is 0 e. The van der Waals surface area contributed by atoms with Crippen molar-refractivity contribution in [1.82, 2.24) is 0 Å². The molecule has 1 radical (unpaired) electrons. The van der Waals surface area contributed by atoms with Gasteiger partial charge in [0.25, 0.3) is 0 Å². The van der Waals surface area contributed by atoms with Crippen molar-refractivity contribution in [3.8, 4) is 0 Å². The van der Waals surface area contributed by atoms with Crippen LogP contribution in [0.5, 0.6) is 0 Å². The Morgan fingerprint density at radius 1 is 0.500 bits per heavy atom. The molecule has 0 unspecified atom stereocenters. The van der Waals surface area contributed by atoms with Gasteiger partial charge in [0.15, 0.2) is 0 Å². The molecule has 0 nitrogen and oxygen atoms in total. The monoisotopic (exact) mass is 358 g/mol. The molecule has 0 bridgehead atoms. The number of hydrogen-bond acceptors (Lipinski definition) is 0. The fourth-order valence-electron chi connectivity index (χ4n) is 0. The van der Waals surface area contributed by atoms with Crippen LogP contribution in [0.15, 0.2) is 0 Å². The van der Waals surface area contributed by atoms with E-state index >= 15 is 0 Å². The van der Waals surface area contributed by atoms with Crippen LogP contribution in [0.1, 0.15) is 0 Å². The van der Waals surface area contributed by atoms with E-state index in [2.05, 4.69) is 0 Å². The molecule has 0 aromatic carbocycles. The fourth-order valence-corrected chi connectivity index (χ4v) is 0. The van der Waals surface area contributed by atoms with Gasteiger partial charge < -0.3 is 29.7 Å². The summed E-state index contributed by atoms with van der Waals surface area (Å²) < 4.78 is 59.2. The third kappa shape index (κ3) is 512. The average Bonchev–Trinajstić information content (AvgIpc) is 0.592. The van der Waals surface area contributed by atoms with E-state index in [-0.39, 0.29) is 79.1 Å². The summed E-state index contributed by atoms with van der Waals surface area (Å²) in [6.45, 7) is 0. The Bertz CT molecular complexity index is 78.1. The fraction of sp³-hybridized carbons (Fsp3) is 0. The molecule has 0 fully saturated rings. The summed E-state index contributed by atoms with van der Waals surface area (Å²) in [5.74, 6) is 0. The Kier molecular flexibility index (Phi) is 19.2. The minimum absolute atomic E-state index is 0. The zero-order valence-corrected chi connectivity index (χ0v) is 10.4. The number of hydrogen-bond donors (Lipinski definition) is 0. The maximum atomic E-state index is 9.87. The van der Waals surface area contributed by atoms with Crippen LogP contribution < -0.4 is 0 Å². The molecule has 12 heavy (non-hydrogen) atoms. The summed E-state index contributed by atoms with van der Waals surface area (Å²) in [4.78, 5) is 0. The predicted molar refractivity (Wildman–Crippen MR) is 39.2 cm³/mol. The molecule has 0 spiro atoms. The predicted octanol–water partition coefficient (Wildman–Crippen LogP) is 5.18. The maximum absolute atomic E-state index is 10.7. The first-order valence-electron chi connectivity index (χ1n) is 1.01. The molecule has 0 aliphatic heterocycles. The Morgan fingerprint density at radius 2 is 0.500 bits per heavy atom. The van der Waals surface area contributed by atoms with Crippen molar-refractivity contribution in [1.29, 1.82) is 0 Å². The van der Waals surface area contributed by atoms with Crippen molar-refractivity contribution in [2.24, 2.45) is 0 Å². The van der Waals surface area contributed by atoms with Gasteiger partial charge in [-0.05, 0) is 0 Å². The molecule has 0 atom stereocenters. The molecule has 0 aromatic rings. The van der Waals surface area contributed by atoms with Crippen molar-refractivity contribution in [2.75, 3.05) is 0 Å². The summed E-state index contributed by atoms with van der Waals surface area (Å²) in [6.07, 6.45) is 0. The molecule has 0 aliphatic carbocycles. The van der Waals surface area contributed by atoms with E-state index in [0.717, 1.165) is 0 Å². The van der Waals surface area contributed by atoms with Crippen LogP contribution in [0, 0.1) is 79.1 Å². The van der Waals surface area contributed by atoms with E-state index in [0.29, 0.717) is 0 Å². The van der Waals surface area contributed by atoms with Crippen molar-refractivity contribution in [3.63, 3.8) is 0 Å². The Morgan fingerprint density at radius 3 is 0.500 bits per heavy atom. The summed E-state index contributed by atoms with van der Waals surface area (Å²) in [5, 5.41) is 0. The molecular weight excluding hydrogens is 345 g/mol. The molecule has 0 rings (SSSR count). The molecule has 0 N–H and O–H groups in total. The zero-order valence-electron chi connectivity index (χ0n) is 7.09. The molecule has 0 saturated carbocycles. The average molecular weight is 357 g/mol. The smallest absolute Gasteiger partial charge is 0 e. The zero-order chi connectivity index (χ0) is 6.41. The largest absolute Gasteiger partial charge is 0.358 e. The summed E-state index contributed by atoms with van der Waals surface area (Å²) >= 11 is 0. The van der Waals surface area contributed by atoms with E-state index in [1.165, 1.54) is 0 Å². The SMILES string of the molecule is F[P-](F)(F)(F)(F)F.[CH3-].[CH3-].[CH3-].[CH3-].[Eu]. The van der Waals surface area contributed by atoms with E-state index in [4.69, 9.17) is 0 Å². The second kappa shape index (κ2) is 6.15. The summed E-state index contributed by atoms with van der Waals surface area (Å²) in [7, 11) is -10.7. The second-order valence-electron chi connectivity index (χ2n) is 0.958. The topological polar surface area (TPSA) is 0 Å². The molecule has 0 aliphatic rings. The van der Waals surface area contributed by atoms with Crippen molar-refractivity contribution in [2.45, 2.75) is 0 Å². The van der Waals surface area contributed by atoms with Crippen LogP contribution in [0.3, 0.4) is 0 Å². The summed E-state index contributed by atoms with van der Waals surface area (Å²) in [6, 6.07) is 0. The van der Waals surface area contributed by atoms with Gasteiger partial charge in [-0.1, -0.05) is 0 Å². The second-order valence-corrected chi connectivity index (χ2v) is 2.87. The van der Waals surface area contributed by atoms with Crippen LogP contribution in [-0.4, -0.2) is 0 Å².